The molecule has 0 atom stereocenters. The molecule has 0 heterocycles. The summed E-state index contributed by atoms with van der Waals surface area (Å²) in [5.41, 5.74) is 0. The molecule has 0 unspecified atom stereocenters. The van der Waals surface area contributed by atoms with E-state index in [0.29, 0.717) is 0 Å². The van der Waals surface area contributed by atoms with Gasteiger partial charge in [-0.1, -0.05) is 0 Å². The molecule has 0 spiro atoms. The molecule has 0 aliphatic rings. The second kappa shape index (κ2) is 7.95. The summed E-state index contributed by atoms with van der Waals surface area (Å²) in [4.78, 5) is 0. The molecule has 118 valence electrons. The maximum absolute atomic E-state index is 11.8. The average Bonchev–Trinajstić information content (AvgIpc) is 2.30. The van der Waals surface area contributed by atoms with E-state index in [0.717, 1.165) is 57.0 Å². The van der Waals surface area contributed by atoms with Crippen LogP contribution in [-0.4, -0.2) is 39.8 Å². The monoisotopic (exact) mass is 312 g/mol. The van der Waals surface area contributed by atoms with Crippen LogP contribution in [0.25, 0.3) is 0 Å². The van der Waals surface area contributed by atoms with Crippen molar-refractivity contribution in [3.8, 4) is 0 Å². The summed E-state index contributed by atoms with van der Waals surface area (Å²) in [5.74, 6) is 0. The van der Waals surface area contributed by atoms with Crippen molar-refractivity contribution in [2.75, 3.05) is 31.4 Å². The molecular weight excluding hydrogens is 279 g/mol. The number of unbranched alkanes of at least 4 members (excludes halogenated alkanes) is 3. The summed E-state index contributed by atoms with van der Waals surface area (Å²) in [6.07, 6.45) is 10.6. The Morgan fingerprint density at radius 1 is 0.842 bits per heavy atom. The van der Waals surface area contributed by atoms with Gasteiger partial charge >= 0.3 is 120 Å². The Kier molecular flexibility index (Phi) is 8.09. The van der Waals surface area contributed by atoms with E-state index in [1.165, 1.54) is 6.26 Å². The van der Waals surface area contributed by atoms with E-state index in [1.807, 2.05) is 0 Å². The van der Waals surface area contributed by atoms with Gasteiger partial charge in [0.1, 0.15) is 0 Å². The molecule has 0 saturated heterocycles. The third-order valence-electron chi connectivity index (χ3n) is 3.80. The number of rotatable bonds is 11. The van der Waals surface area contributed by atoms with Gasteiger partial charge in [-0.25, -0.2) is 0 Å². The molecule has 0 aromatic rings. The standard InChI is InChI=1S/C14H33O3PS/c1-6-9-12-18(4,13-10-7-2,14-11-8-3)17-19(5,15)16/h6-14H2,1-5H3. The van der Waals surface area contributed by atoms with Gasteiger partial charge in [0, 0.05) is 0 Å². The molecule has 0 N–H and O–H groups in total. The van der Waals surface area contributed by atoms with Gasteiger partial charge in [-0.2, -0.15) is 0 Å². The topological polar surface area (TPSA) is 43.4 Å². The van der Waals surface area contributed by atoms with Gasteiger partial charge in [-0.15, -0.1) is 0 Å². The molecule has 0 rings (SSSR count). The van der Waals surface area contributed by atoms with Crippen LogP contribution >= 0.6 is 6.83 Å². The van der Waals surface area contributed by atoms with E-state index in [9.17, 15) is 8.42 Å². The van der Waals surface area contributed by atoms with Crippen molar-refractivity contribution in [2.45, 2.75) is 59.3 Å². The Labute approximate surface area is 120 Å². The van der Waals surface area contributed by atoms with Gasteiger partial charge < -0.3 is 0 Å². The van der Waals surface area contributed by atoms with Crippen molar-refractivity contribution in [2.24, 2.45) is 0 Å². The van der Waals surface area contributed by atoms with Crippen LogP contribution in [-0.2, 0) is 14.1 Å². The van der Waals surface area contributed by atoms with Crippen LogP contribution in [0.3, 0.4) is 0 Å². The summed E-state index contributed by atoms with van der Waals surface area (Å²) in [5, 5.41) is 0. The van der Waals surface area contributed by atoms with Crippen molar-refractivity contribution >= 4 is 16.9 Å². The summed E-state index contributed by atoms with van der Waals surface area (Å²) < 4.78 is 29.3. The number of hydrogen-bond donors (Lipinski definition) is 0. The van der Waals surface area contributed by atoms with Crippen LogP contribution in [0.15, 0.2) is 0 Å². The van der Waals surface area contributed by atoms with E-state index in [1.54, 1.807) is 0 Å². The summed E-state index contributed by atoms with van der Waals surface area (Å²) in [6.45, 7) is 6.05. The second-order valence-electron chi connectivity index (χ2n) is 6.20. The molecule has 0 aromatic carbocycles. The predicted octanol–water partition coefficient (Wildman–Crippen LogP) is 4.46. The zero-order chi connectivity index (χ0) is 15.0. The normalized spacial score (nSPS) is 15.1. The molecule has 0 radical (unpaired) electrons. The van der Waals surface area contributed by atoms with Crippen LogP contribution in [0.4, 0.5) is 0 Å². The number of hydrogen-bond acceptors (Lipinski definition) is 3. The second-order valence-corrected chi connectivity index (χ2v) is 13.9. The molecule has 0 bridgehead atoms. The molecule has 19 heavy (non-hydrogen) atoms. The molecule has 0 fully saturated rings. The first kappa shape index (κ1) is 19.3. The fraction of sp³-hybridized carbons (Fsp3) is 1.00. The van der Waals surface area contributed by atoms with Gasteiger partial charge in [0.15, 0.2) is 0 Å². The Balaban J connectivity index is 5.27. The fourth-order valence-corrected chi connectivity index (χ4v) is 11.3. The Morgan fingerprint density at radius 2 is 1.16 bits per heavy atom. The molecule has 0 saturated carbocycles. The molecule has 5 heteroatoms. The Bertz CT molecular complexity index is 327. The molecule has 0 amide bonds. The van der Waals surface area contributed by atoms with Crippen molar-refractivity contribution in [3.05, 3.63) is 0 Å². The first-order valence-electron chi connectivity index (χ1n) is 7.61. The average molecular weight is 312 g/mol. The summed E-state index contributed by atoms with van der Waals surface area (Å²) in [6, 6.07) is 0. The van der Waals surface area contributed by atoms with Gasteiger partial charge in [-0.05, 0) is 0 Å². The third kappa shape index (κ3) is 7.63. The first-order chi connectivity index (χ1) is 8.69. The Morgan fingerprint density at radius 3 is 1.37 bits per heavy atom. The molecule has 0 aliphatic heterocycles. The van der Waals surface area contributed by atoms with E-state index in [-0.39, 0.29) is 0 Å². The molecule has 3 nitrogen and oxygen atoms in total. The quantitative estimate of drug-likeness (QED) is 0.529. The predicted molar refractivity (Wildman–Crippen MR) is 88.1 cm³/mol. The van der Waals surface area contributed by atoms with Gasteiger partial charge in [0.05, 0.1) is 0 Å². The van der Waals surface area contributed by atoms with Gasteiger partial charge in [-0.3, -0.25) is 0 Å². The van der Waals surface area contributed by atoms with Crippen LogP contribution < -0.4 is 0 Å². The van der Waals surface area contributed by atoms with E-state index in [2.05, 4.69) is 27.4 Å². The fourth-order valence-electron chi connectivity index (χ4n) is 2.68. The third-order valence-corrected chi connectivity index (χ3v) is 11.5. The minimum absolute atomic E-state index is 0.954. The van der Waals surface area contributed by atoms with Crippen molar-refractivity contribution < 1.29 is 12.4 Å². The van der Waals surface area contributed by atoms with Gasteiger partial charge in [0.25, 0.3) is 0 Å². The van der Waals surface area contributed by atoms with Crippen LogP contribution in [0.2, 0.25) is 0 Å². The van der Waals surface area contributed by atoms with Crippen LogP contribution in [0.5, 0.6) is 0 Å². The molecule has 0 aromatic heterocycles. The van der Waals surface area contributed by atoms with Crippen LogP contribution in [0.1, 0.15) is 59.3 Å². The first-order valence-corrected chi connectivity index (χ1v) is 12.6. The SMILES string of the molecule is CCCCP(C)(CCCC)(CCCC)OS(C)(=O)=O. The maximum atomic E-state index is 11.8. The zero-order valence-corrected chi connectivity index (χ0v) is 15.2. The van der Waals surface area contributed by atoms with Crippen LogP contribution in [0, 0.1) is 0 Å². The van der Waals surface area contributed by atoms with Crippen molar-refractivity contribution in [1.29, 1.82) is 0 Å². The zero-order valence-electron chi connectivity index (χ0n) is 13.4. The Hall–Kier alpha value is 0.340. The molecular formula is C14H33O3PS. The van der Waals surface area contributed by atoms with Gasteiger partial charge in [0.2, 0.25) is 0 Å². The van der Waals surface area contributed by atoms with E-state index < -0.39 is 16.9 Å². The van der Waals surface area contributed by atoms with Crippen molar-refractivity contribution in [1.82, 2.24) is 0 Å². The minimum atomic E-state index is -3.37. The van der Waals surface area contributed by atoms with E-state index in [4.69, 9.17) is 3.97 Å². The van der Waals surface area contributed by atoms with Crippen molar-refractivity contribution in [3.63, 3.8) is 0 Å². The van der Waals surface area contributed by atoms with E-state index >= 15 is 0 Å². The molecule has 0 aliphatic carbocycles. The summed E-state index contributed by atoms with van der Waals surface area (Å²) in [7, 11) is -3.37. The summed E-state index contributed by atoms with van der Waals surface area (Å²) >= 11 is 0.